The number of aromatic nitrogens is 1. The van der Waals surface area contributed by atoms with E-state index < -0.39 is 12.1 Å². The fourth-order valence-corrected chi connectivity index (χ4v) is 2.80. The number of nitrogens with one attached hydrogen (secondary N) is 1. The molecular formula is C20H24Cl2N2O3. The lowest BCUT2D eigenvalue weighted by molar-refractivity contribution is -0.131. The van der Waals surface area contributed by atoms with Crippen LogP contribution in [0.5, 0.6) is 0 Å². The van der Waals surface area contributed by atoms with Crippen LogP contribution in [0.3, 0.4) is 0 Å². The highest BCUT2D eigenvalue weighted by Gasteiger charge is 2.11. The summed E-state index contributed by atoms with van der Waals surface area (Å²) in [5.74, 6) is -0.947. The maximum Gasteiger partial charge on any atom is 0.328 e. The number of pyridine rings is 1. The average molecular weight is 411 g/mol. The lowest BCUT2D eigenvalue weighted by atomic mass is 10.0. The van der Waals surface area contributed by atoms with Crippen molar-refractivity contribution in [2.75, 3.05) is 6.54 Å². The van der Waals surface area contributed by atoms with Crippen LogP contribution in [0.25, 0.3) is 5.57 Å². The SMILES string of the molecule is CC(=CC(=O)O)c1ccc(C[C@@H](C)NC[C@@H](O)c2cccc(Cl)n2)cc1.Cl. The quantitative estimate of drug-likeness (QED) is 0.454. The van der Waals surface area contributed by atoms with Gasteiger partial charge in [0.15, 0.2) is 0 Å². The number of hydrogen-bond acceptors (Lipinski definition) is 4. The van der Waals surface area contributed by atoms with Crippen LogP contribution >= 0.6 is 24.0 Å². The van der Waals surface area contributed by atoms with E-state index in [9.17, 15) is 9.90 Å². The molecular weight excluding hydrogens is 387 g/mol. The molecule has 0 bridgehead atoms. The first kappa shape index (κ1) is 23.1. The molecule has 0 aliphatic carbocycles. The normalized spacial score (nSPS) is 13.6. The number of hydrogen-bond donors (Lipinski definition) is 3. The Labute approximate surface area is 170 Å². The van der Waals surface area contributed by atoms with Crippen molar-refractivity contribution in [3.05, 3.63) is 70.5 Å². The van der Waals surface area contributed by atoms with E-state index in [-0.39, 0.29) is 18.4 Å². The highest BCUT2D eigenvalue weighted by molar-refractivity contribution is 6.29. The van der Waals surface area contributed by atoms with Gasteiger partial charge in [0.05, 0.1) is 5.69 Å². The molecule has 2 atom stereocenters. The number of rotatable bonds is 8. The largest absolute Gasteiger partial charge is 0.478 e. The first-order valence-corrected chi connectivity index (χ1v) is 8.77. The van der Waals surface area contributed by atoms with Crippen molar-refractivity contribution in [2.45, 2.75) is 32.4 Å². The molecule has 1 aromatic heterocycles. The molecule has 0 unspecified atom stereocenters. The van der Waals surface area contributed by atoms with Crippen LogP contribution in [0.15, 0.2) is 48.5 Å². The van der Waals surface area contributed by atoms with E-state index in [1.807, 2.05) is 31.2 Å². The van der Waals surface area contributed by atoms with Crippen LogP contribution in [0.1, 0.15) is 36.8 Å². The van der Waals surface area contributed by atoms with Crippen LogP contribution in [0.2, 0.25) is 5.15 Å². The maximum absolute atomic E-state index is 10.7. The Hall–Kier alpha value is -1.92. The van der Waals surface area contributed by atoms with E-state index in [1.54, 1.807) is 25.1 Å². The van der Waals surface area contributed by atoms with Gasteiger partial charge in [-0.15, -0.1) is 12.4 Å². The highest BCUT2D eigenvalue weighted by Crippen LogP contribution is 2.16. The molecule has 1 heterocycles. The van der Waals surface area contributed by atoms with Gasteiger partial charge in [0.25, 0.3) is 0 Å². The minimum absolute atomic E-state index is 0. The van der Waals surface area contributed by atoms with Gasteiger partial charge in [0, 0.05) is 18.7 Å². The van der Waals surface area contributed by atoms with Crippen LogP contribution in [-0.2, 0) is 11.2 Å². The Morgan fingerprint density at radius 3 is 2.52 bits per heavy atom. The highest BCUT2D eigenvalue weighted by atomic mass is 35.5. The molecule has 0 saturated carbocycles. The van der Waals surface area contributed by atoms with Crippen molar-refractivity contribution in [3.63, 3.8) is 0 Å². The Morgan fingerprint density at radius 1 is 1.26 bits per heavy atom. The van der Waals surface area contributed by atoms with Crippen molar-refractivity contribution in [2.24, 2.45) is 0 Å². The zero-order valence-electron chi connectivity index (χ0n) is 15.2. The summed E-state index contributed by atoms with van der Waals surface area (Å²) >= 11 is 5.84. The molecule has 0 saturated heterocycles. The number of nitrogens with zero attached hydrogens (tertiary/aromatic N) is 1. The van der Waals surface area contributed by atoms with E-state index in [0.717, 1.165) is 17.5 Å². The zero-order valence-corrected chi connectivity index (χ0v) is 16.8. The van der Waals surface area contributed by atoms with Crippen molar-refractivity contribution < 1.29 is 15.0 Å². The van der Waals surface area contributed by atoms with Crippen LogP contribution in [-0.4, -0.2) is 33.8 Å². The third-order valence-electron chi connectivity index (χ3n) is 4.03. The lowest BCUT2D eigenvalue weighted by Crippen LogP contribution is -2.32. The van der Waals surface area contributed by atoms with Gasteiger partial charge in [-0.05, 0) is 49.1 Å². The monoisotopic (exact) mass is 410 g/mol. The third kappa shape index (κ3) is 7.69. The number of halogens is 2. The van der Waals surface area contributed by atoms with E-state index >= 15 is 0 Å². The van der Waals surface area contributed by atoms with Crippen molar-refractivity contribution in [1.82, 2.24) is 10.3 Å². The second-order valence-corrected chi connectivity index (χ2v) is 6.66. The molecule has 2 rings (SSSR count). The second-order valence-electron chi connectivity index (χ2n) is 6.28. The molecule has 0 aliphatic heterocycles. The lowest BCUT2D eigenvalue weighted by Gasteiger charge is -2.17. The molecule has 0 aliphatic rings. The number of carboxylic acid groups (broad SMARTS) is 1. The van der Waals surface area contributed by atoms with Gasteiger partial charge >= 0.3 is 5.97 Å². The van der Waals surface area contributed by atoms with Crippen LogP contribution < -0.4 is 5.32 Å². The molecule has 146 valence electrons. The Kier molecular flexibility index (Phi) is 9.46. The predicted molar refractivity (Wildman–Crippen MR) is 110 cm³/mol. The number of aliphatic hydroxyl groups is 1. The molecule has 1 aromatic carbocycles. The summed E-state index contributed by atoms with van der Waals surface area (Å²) < 4.78 is 0. The Bertz CT molecular complexity index is 779. The summed E-state index contributed by atoms with van der Waals surface area (Å²) in [7, 11) is 0. The average Bonchev–Trinajstić information content (AvgIpc) is 2.59. The molecule has 0 spiro atoms. The topological polar surface area (TPSA) is 82.5 Å². The summed E-state index contributed by atoms with van der Waals surface area (Å²) in [4.78, 5) is 14.8. The van der Waals surface area contributed by atoms with Gasteiger partial charge in [0.1, 0.15) is 11.3 Å². The first-order chi connectivity index (χ1) is 12.3. The number of carboxylic acids is 1. The van der Waals surface area contributed by atoms with Gasteiger partial charge in [-0.3, -0.25) is 0 Å². The number of allylic oxidation sites excluding steroid dienone is 1. The Morgan fingerprint density at radius 2 is 1.93 bits per heavy atom. The van der Waals surface area contributed by atoms with Gasteiger partial charge in [-0.1, -0.05) is 41.9 Å². The number of aliphatic hydroxyl groups excluding tert-OH is 1. The second kappa shape index (κ2) is 11.0. The van der Waals surface area contributed by atoms with E-state index in [4.69, 9.17) is 16.7 Å². The molecule has 7 heteroatoms. The molecule has 2 aromatic rings. The fraction of sp³-hybridized carbons (Fsp3) is 0.300. The van der Waals surface area contributed by atoms with Gasteiger partial charge in [-0.2, -0.15) is 0 Å². The molecule has 27 heavy (non-hydrogen) atoms. The number of carbonyl (C=O) groups is 1. The van der Waals surface area contributed by atoms with Crippen LogP contribution in [0, 0.1) is 0 Å². The van der Waals surface area contributed by atoms with E-state index in [0.29, 0.717) is 23.0 Å². The molecule has 5 nitrogen and oxygen atoms in total. The summed E-state index contributed by atoms with van der Waals surface area (Å²) in [6.07, 6.45) is 1.27. The first-order valence-electron chi connectivity index (χ1n) is 8.39. The van der Waals surface area contributed by atoms with Crippen LogP contribution in [0.4, 0.5) is 0 Å². The van der Waals surface area contributed by atoms with E-state index in [2.05, 4.69) is 10.3 Å². The van der Waals surface area contributed by atoms with Gasteiger partial charge in [-0.25, -0.2) is 9.78 Å². The molecule has 0 amide bonds. The smallest absolute Gasteiger partial charge is 0.328 e. The zero-order chi connectivity index (χ0) is 19.1. The summed E-state index contributed by atoms with van der Waals surface area (Å²) in [6, 6.07) is 13.1. The minimum atomic E-state index is -0.947. The Balaban J connectivity index is 0.00000364. The molecule has 0 fully saturated rings. The van der Waals surface area contributed by atoms with Gasteiger partial charge < -0.3 is 15.5 Å². The predicted octanol–water partition coefficient (Wildman–Crippen LogP) is 3.90. The minimum Gasteiger partial charge on any atom is -0.478 e. The summed E-state index contributed by atoms with van der Waals surface area (Å²) in [5, 5.41) is 22.6. The third-order valence-corrected chi connectivity index (χ3v) is 4.24. The number of benzene rings is 1. The van der Waals surface area contributed by atoms with Gasteiger partial charge in [0.2, 0.25) is 0 Å². The van der Waals surface area contributed by atoms with Crippen molar-refractivity contribution in [1.29, 1.82) is 0 Å². The number of aliphatic carboxylic acids is 1. The molecule has 0 radical (unpaired) electrons. The summed E-state index contributed by atoms with van der Waals surface area (Å²) in [6.45, 7) is 4.20. The van der Waals surface area contributed by atoms with Crippen molar-refractivity contribution >= 4 is 35.6 Å². The van der Waals surface area contributed by atoms with E-state index in [1.165, 1.54) is 6.08 Å². The maximum atomic E-state index is 10.7. The summed E-state index contributed by atoms with van der Waals surface area (Å²) in [5.41, 5.74) is 3.28. The fourth-order valence-electron chi connectivity index (χ4n) is 2.62. The standard InChI is InChI=1S/C20H23ClN2O3.ClH/c1-13(10-20(25)26)16-8-6-15(7-9-16)11-14(2)22-12-18(24)17-4-3-5-19(21)23-17;/h3-10,14,18,22,24H,11-12H2,1-2H3,(H,25,26);1H/t14-,18-;/m1./s1. The molecule has 3 N–H and O–H groups in total. The van der Waals surface area contributed by atoms with Crippen molar-refractivity contribution in [3.8, 4) is 0 Å².